The van der Waals surface area contributed by atoms with Crippen LogP contribution < -0.4 is 0 Å². The number of aromatic amines is 1. The molecule has 0 fully saturated rings. The third-order valence-corrected chi connectivity index (χ3v) is 2.27. The van der Waals surface area contributed by atoms with Gasteiger partial charge in [-0.05, 0) is 12.8 Å². The smallest absolute Gasteiger partial charge is 0.168 e. The quantitative estimate of drug-likeness (QED) is 0.621. The molecule has 0 amide bonds. The number of fused-ring (bicyclic) bond motifs is 1. The first kappa shape index (κ1) is 7.87. The molecule has 0 aromatic carbocycles. The second-order valence-electron chi connectivity index (χ2n) is 3.09. The van der Waals surface area contributed by atoms with Gasteiger partial charge < -0.3 is 10.1 Å². The lowest BCUT2D eigenvalue weighted by Gasteiger charge is -2.08. The molecule has 1 aliphatic carbocycles. The molecule has 0 unspecified atom stereocenters. The number of carbonyl (C=O) groups excluding carboxylic acids is 1. The van der Waals surface area contributed by atoms with Gasteiger partial charge in [0.1, 0.15) is 6.07 Å². The molecule has 0 saturated heterocycles. The predicted molar refractivity (Wildman–Crippen MR) is 44.4 cm³/mol. The SMILES string of the molecule is N#Cc1[nH]c2c(c1O)C(=O)CCC2. The number of hydrogen-bond acceptors (Lipinski definition) is 3. The first-order chi connectivity index (χ1) is 6.24. The van der Waals surface area contributed by atoms with Crippen LogP contribution in [0, 0.1) is 11.3 Å². The summed E-state index contributed by atoms with van der Waals surface area (Å²) in [6.07, 6.45) is 1.98. The topological polar surface area (TPSA) is 76.9 Å². The van der Waals surface area contributed by atoms with Gasteiger partial charge in [0.2, 0.25) is 0 Å². The molecule has 1 aromatic rings. The maximum atomic E-state index is 11.3. The lowest BCUT2D eigenvalue weighted by atomic mass is 9.96. The Hall–Kier alpha value is -1.76. The van der Waals surface area contributed by atoms with Crippen molar-refractivity contribution in [1.82, 2.24) is 4.98 Å². The molecule has 2 rings (SSSR count). The molecule has 0 bridgehead atoms. The number of ketones is 1. The van der Waals surface area contributed by atoms with E-state index in [9.17, 15) is 9.90 Å². The monoisotopic (exact) mass is 176 g/mol. The van der Waals surface area contributed by atoms with E-state index in [1.54, 1.807) is 0 Å². The van der Waals surface area contributed by atoms with Gasteiger partial charge in [-0.2, -0.15) is 5.26 Å². The van der Waals surface area contributed by atoms with Crippen molar-refractivity contribution in [1.29, 1.82) is 5.26 Å². The van der Waals surface area contributed by atoms with Crippen molar-refractivity contribution >= 4 is 5.78 Å². The van der Waals surface area contributed by atoms with Gasteiger partial charge in [0, 0.05) is 12.1 Å². The fourth-order valence-electron chi connectivity index (χ4n) is 1.66. The Kier molecular flexibility index (Phi) is 1.59. The Morgan fingerprint density at radius 1 is 1.46 bits per heavy atom. The number of nitrogens with zero attached hydrogens (tertiary/aromatic N) is 1. The first-order valence-electron chi connectivity index (χ1n) is 4.11. The number of nitrogens with one attached hydrogen (secondary N) is 1. The molecule has 0 aliphatic heterocycles. The lowest BCUT2D eigenvalue weighted by Crippen LogP contribution is -2.08. The van der Waals surface area contributed by atoms with E-state index in [4.69, 9.17) is 5.26 Å². The van der Waals surface area contributed by atoms with Crippen LogP contribution in [0.15, 0.2) is 0 Å². The van der Waals surface area contributed by atoms with Gasteiger partial charge in [-0.15, -0.1) is 0 Å². The maximum absolute atomic E-state index is 11.3. The van der Waals surface area contributed by atoms with E-state index in [0.717, 1.165) is 12.8 Å². The zero-order chi connectivity index (χ0) is 9.42. The Morgan fingerprint density at radius 3 is 2.85 bits per heavy atom. The number of aromatic nitrogens is 1. The molecule has 0 spiro atoms. The fraction of sp³-hybridized carbons (Fsp3) is 0.333. The van der Waals surface area contributed by atoms with Crippen molar-refractivity contribution in [3.05, 3.63) is 17.0 Å². The number of rotatable bonds is 0. The molecule has 13 heavy (non-hydrogen) atoms. The van der Waals surface area contributed by atoms with E-state index >= 15 is 0 Å². The standard InChI is InChI=1S/C9H8N2O2/c10-4-6-9(13)8-5(11-6)2-1-3-7(8)12/h11,13H,1-3H2. The number of hydrogen-bond donors (Lipinski definition) is 2. The molecule has 1 heterocycles. The minimum absolute atomic E-state index is 0.0727. The number of aryl methyl sites for hydroxylation is 1. The summed E-state index contributed by atoms with van der Waals surface area (Å²) in [6, 6.07) is 1.82. The highest BCUT2D eigenvalue weighted by molar-refractivity contribution is 6.01. The van der Waals surface area contributed by atoms with E-state index < -0.39 is 0 Å². The largest absolute Gasteiger partial charge is 0.504 e. The average Bonchev–Trinajstić information content (AvgIpc) is 2.44. The molecule has 66 valence electrons. The van der Waals surface area contributed by atoms with E-state index in [2.05, 4.69) is 4.98 Å². The van der Waals surface area contributed by atoms with Crippen molar-refractivity contribution < 1.29 is 9.90 Å². The molecule has 2 N–H and O–H groups in total. The predicted octanol–water partition coefficient (Wildman–Crippen LogP) is 1.11. The third kappa shape index (κ3) is 1.01. The highest BCUT2D eigenvalue weighted by atomic mass is 16.3. The fourth-order valence-corrected chi connectivity index (χ4v) is 1.66. The van der Waals surface area contributed by atoms with Crippen LogP contribution in [-0.4, -0.2) is 15.9 Å². The van der Waals surface area contributed by atoms with Gasteiger partial charge in [-0.25, -0.2) is 0 Å². The van der Waals surface area contributed by atoms with E-state index in [-0.39, 0.29) is 17.2 Å². The van der Waals surface area contributed by atoms with Crippen molar-refractivity contribution in [2.24, 2.45) is 0 Å². The van der Waals surface area contributed by atoms with Gasteiger partial charge in [0.25, 0.3) is 0 Å². The minimum atomic E-state index is -0.179. The summed E-state index contributed by atoms with van der Waals surface area (Å²) in [4.78, 5) is 14.1. The lowest BCUT2D eigenvalue weighted by molar-refractivity contribution is 0.0970. The Morgan fingerprint density at radius 2 is 2.23 bits per heavy atom. The van der Waals surface area contributed by atoms with Crippen LogP contribution in [0.2, 0.25) is 0 Å². The van der Waals surface area contributed by atoms with E-state index in [1.165, 1.54) is 0 Å². The molecule has 0 saturated carbocycles. The van der Waals surface area contributed by atoms with Gasteiger partial charge in [0.15, 0.2) is 17.2 Å². The van der Waals surface area contributed by atoms with Crippen molar-refractivity contribution in [3.63, 3.8) is 0 Å². The van der Waals surface area contributed by atoms with Gasteiger partial charge in [-0.3, -0.25) is 4.79 Å². The first-order valence-corrected chi connectivity index (χ1v) is 4.11. The second-order valence-corrected chi connectivity index (χ2v) is 3.09. The Labute approximate surface area is 74.8 Å². The van der Waals surface area contributed by atoms with E-state index in [1.807, 2.05) is 6.07 Å². The zero-order valence-electron chi connectivity index (χ0n) is 6.92. The van der Waals surface area contributed by atoms with Crippen LogP contribution in [0.3, 0.4) is 0 Å². The van der Waals surface area contributed by atoms with Crippen LogP contribution in [0.5, 0.6) is 5.75 Å². The summed E-state index contributed by atoms with van der Waals surface area (Å²) in [5.41, 5.74) is 1.12. The van der Waals surface area contributed by atoms with Crippen molar-refractivity contribution in [2.75, 3.05) is 0 Å². The number of Topliss-reactive ketones (excluding diaryl/α,β-unsaturated/α-hetero) is 1. The summed E-state index contributed by atoms with van der Waals surface area (Å²) in [5, 5.41) is 18.1. The Balaban J connectivity index is 2.63. The van der Waals surface area contributed by atoms with Crippen molar-refractivity contribution in [2.45, 2.75) is 19.3 Å². The number of nitriles is 1. The number of carbonyl (C=O) groups is 1. The van der Waals surface area contributed by atoms with Gasteiger partial charge in [0.05, 0.1) is 5.56 Å². The summed E-state index contributed by atoms with van der Waals surface area (Å²) in [7, 11) is 0. The Bertz CT molecular complexity index is 412. The molecular formula is C9H8N2O2. The average molecular weight is 176 g/mol. The van der Waals surface area contributed by atoms with Gasteiger partial charge in [-0.1, -0.05) is 0 Å². The normalized spacial score (nSPS) is 15.2. The highest BCUT2D eigenvalue weighted by Gasteiger charge is 2.25. The minimum Gasteiger partial charge on any atom is -0.504 e. The van der Waals surface area contributed by atoms with E-state index in [0.29, 0.717) is 17.7 Å². The number of aromatic hydroxyl groups is 1. The van der Waals surface area contributed by atoms with Crippen LogP contribution in [-0.2, 0) is 6.42 Å². The summed E-state index contributed by atoms with van der Waals surface area (Å²) < 4.78 is 0. The summed E-state index contributed by atoms with van der Waals surface area (Å²) in [6.45, 7) is 0. The van der Waals surface area contributed by atoms with Crippen LogP contribution in [0.4, 0.5) is 0 Å². The molecule has 0 atom stereocenters. The molecule has 1 aromatic heterocycles. The summed E-state index contributed by atoms with van der Waals surface area (Å²) in [5.74, 6) is -0.251. The molecule has 4 heteroatoms. The number of H-pyrrole nitrogens is 1. The highest BCUT2D eigenvalue weighted by Crippen LogP contribution is 2.31. The molecule has 0 radical (unpaired) electrons. The van der Waals surface area contributed by atoms with Crippen molar-refractivity contribution in [3.8, 4) is 11.8 Å². The zero-order valence-corrected chi connectivity index (χ0v) is 6.92. The van der Waals surface area contributed by atoms with Gasteiger partial charge >= 0.3 is 0 Å². The summed E-state index contributed by atoms with van der Waals surface area (Å²) >= 11 is 0. The second kappa shape index (κ2) is 2.63. The molecular weight excluding hydrogens is 168 g/mol. The third-order valence-electron chi connectivity index (χ3n) is 2.27. The van der Waals surface area contributed by atoms with Crippen LogP contribution >= 0.6 is 0 Å². The van der Waals surface area contributed by atoms with Crippen LogP contribution in [0.25, 0.3) is 0 Å². The molecule has 1 aliphatic rings. The molecule has 4 nitrogen and oxygen atoms in total. The maximum Gasteiger partial charge on any atom is 0.168 e. The van der Waals surface area contributed by atoms with Crippen LogP contribution in [0.1, 0.15) is 34.6 Å².